The van der Waals surface area contributed by atoms with Gasteiger partial charge in [-0.2, -0.15) is 0 Å². The van der Waals surface area contributed by atoms with Crippen LogP contribution >= 0.6 is 0 Å². The molecular formula is C15H23NO4. The largest absolute Gasteiger partial charge is 0.496 e. The fourth-order valence-electron chi connectivity index (χ4n) is 1.48. The summed E-state index contributed by atoms with van der Waals surface area (Å²) in [6, 6.07) is 5.28. The van der Waals surface area contributed by atoms with E-state index in [1.807, 2.05) is 6.92 Å². The molecule has 1 aromatic rings. The molecule has 0 aliphatic heterocycles. The number of hydrogen-bond acceptors (Lipinski definition) is 4. The third-order valence-electron chi connectivity index (χ3n) is 3.08. The lowest BCUT2D eigenvalue weighted by Crippen LogP contribution is -2.38. The third kappa shape index (κ3) is 4.99. The Balaban J connectivity index is 2.58. The Morgan fingerprint density at radius 3 is 2.00 bits per heavy atom. The summed E-state index contributed by atoms with van der Waals surface area (Å²) in [6.45, 7) is 6.04. The van der Waals surface area contributed by atoms with Crippen LogP contribution in [0, 0.1) is 5.92 Å². The Hall–Kier alpha value is -1.91. The molecule has 5 nitrogen and oxygen atoms in total. The molecule has 112 valence electrons. The maximum atomic E-state index is 11.7. The SMILES string of the molecule is COc1cc(OC)cc(OCC(=O)N[C@H](C)C(C)C)c1. The monoisotopic (exact) mass is 281 g/mol. The number of hydrogen-bond donors (Lipinski definition) is 1. The second kappa shape index (κ2) is 7.62. The predicted molar refractivity (Wildman–Crippen MR) is 77.5 cm³/mol. The van der Waals surface area contributed by atoms with Crippen molar-refractivity contribution in [3.63, 3.8) is 0 Å². The number of carbonyl (C=O) groups excluding carboxylic acids is 1. The molecule has 0 aromatic heterocycles. The van der Waals surface area contributed by atoms with Crippen LogP contribution in [-0.2, 0) is 4.79 Å². The van der Waals surface area contributed by atoms with E-state index in [1.165, 1.54) is 0 Å². The van der Waals surface area contributed by atoms with E-state index < -0.39 is 0 Å². The lowest BCUT2D eigenvalue weighted by Gasteiger charge is -2.17. The Bertz CT molecular complexity index is 423. The molecule has 0 bridgehead atoms. The molecule has 0 saturated heterocycles. The van der Waals surface area contributed by atoms with Crippen LogP contribution in [0.4, 0.5) is 0 Å². The zero-order valence-corrected chi connectivity index (χ0v) is 12.7. The minimum atomic E-state index is -0.145. The van der Waals surface area contributed by atoms with Gasteiger partial charge in [-0.1, -0.05) is 13.8 Å². The first-order chi connectivity index (χ1) is 9.46. The van der Waals surface area contributed by atoms with Crippen molar-refractivity contribution in [1.29, 1.82) is 0 Å². The highest BCUT2D eigenvalue weighted by molar-refractivity contribution is 5.77. The van der Waals surface area contributed by atoms with Gasteiger partial charge in [0.2, 0.25) is 0 Å². The summed E-state index contributed by atoms with van der Waals surface area (Å²) in [6.07, 6.45) is 0. The van der Waals surface area contributed by atoms with Gasteiger partial charge in [0.25, 0.3) is 5.91 Å². The van der Waals surface area contributed by atoms with Gasteiger partial charge in [0.15, 0.2) is 6.61 Å². The summed E-state index contributed by atoms with van der Waals surface area (Å²) in [4.78, 5) is 11.7. The first-order valence-electron chi connectivity index (χ1n) is 6.61. The number of methoxy groups -OCH3 is 2. The van der Waals surface area contributed by atoms with Crippen LogP contribution in [0.5, 0.6) is 17.2 Å². The summed E-state index contributed by atoms with van der Waals surface area (Å²) in [5.74, 6) is 2.02. The second-order valence-electron chi connectivity index (χ2n) is 4.94. The summed E-state index contributed by atoms with van der Waals surface area (Å²) >= 11 is 0. The molecule has 0 aliphatic rings. The molecule has 1 rings (SSSR count). The van der Waals surface area contributed by atoms with E-state index in [1.54, 1.807) is 32.4 Å². The molecule has 1 aromatic carbocycles. The Morgan fingerprint density at radius 2 is 1.55 bits per heavy atom. The van der Waals surface area contributed by atoms with Gasteiger partial charge in [0.1, 0.15) is 17.2 Å². The van der Waals surface area contributed by atoms with Crippen molar-refractivity contribution in [3.05, 3.63) is 18.2 Å². The van der Waals surface area contributed by atoms with Gasteiger partial charge in [-0.05, 0) is 12.8 Å². The number of amides is 1. The number of carbonyl (C=O) groups is 1. The lowest BCUT2D eigenvalue weighted by molar-refractivity contribution is -0.124. The minimum Gasteiger partial charge on any atom is -0.496 e. The summed E-state index contributed by atoms with van der Waals surface area (Å²) in [7, 11) is 3.13. The Labute approximate surface area is 120 Å². The molecule has 0 spiro atoms. The molecule has 0 heterocycles. The van der Waals surface area contributed by atoms with Gasteiger partial charge < -0.3 is 19.5 Å². The van der Waals surface area contributed by atoms with Crippen molar-refractivity contribution in [2.75, 3.05) is 20.8 Å². The van der Waals surface area contributed by atoms with Gasteiger partial charge in [0, 0.05) is 24.2 Å². The third-order valence-corrected chi connectivity index (χ3v) is 3.08. The van der Waals surface area contributed by atoms with Crippen molar-refractivity contribution in [2.45, 2.75) is 26.8 Å². The molecule has 5 heteroatoms. The molecule has 1 amide bonds. The summed E-state index contributed by atoms with van der Waals surface area (Å²) < 4.78 is 15.7. The van der Waals surface area contributed by atoms with Crippen LogP contribution < -0.4 is 19.5 Å². The van der Waals surface area contributed by atoms with E-state index in [4.69, 9.17) is 14.2 Å². The first kappa shape index (κ1) is 16.1. The van der Waals surface area contributed by atoms with Gasteiger partial charge >= 0.3 is 0 Å². The first-order valence-corrected chi connectivity index (χ1v) is 6.61. The second-order valence-corrected chi connectivity index (χ2v) is 4.94. The van der Waals surface area contributed by atoms with Crippen LogP contribution in [0.2, 0.25) is 0 Å². The quantitative estimate of drug-likeness (QED) is 0.833. The lowest BCUT2D eigenvalue weighted by atomic mass is 10.1. The highest BCUT2D eigenvalue weighted by atomic mass is 16.5. The number of nitrogens with one attached hydrogen (secondary N) is 1. The topological polar surface area (TPSA) is 56.8 Å². The summed E-state index contributed by atoms with van der Waals surface area (Å²) in [5.41, 5.74) is 0. The maximum absolute atomic E-state index is 11.7. The number of ether oxygens (including phenoxy) is 3. The van der Waals surface area contributed by atoms with Crippen molar-refractivity contribution in [3.8, 4) is 17.2 Å². The normalized spacial score (nSPS) is 11.9. The summed E-state index contributed by atoms with van der Waals surface area (Å²) in [5, 5.41) is 2.88. The Morgan fingerprint density at radius 1 is 1.05 bits per heavy atom. The average Bonchev–Trinajstić information content (AvgIpc) is 2.44. The molecule has 1 N–H and O–H groups in total. The van der Waals surface area contributed by atoms with Gasteiger partial charge in [-0.25, -0.2) is 0 Å². The maximum Gasteiger partial charge on any atom is 0.258 e. The fourth-order valence-corrected chi connectivity index (χ4v) is 1.48. The van der Waals surface area contributed by atoms with Crippen molar-refractivity contribution < 1.29 is 19.0 Å². The van der Waals surface area contributed by atoms with Crippen molar-refractivity contribution in [1.82, 2.24) is 5.32 Å². The number of rotatable bonds is 7. The van der Waals surface area contributed by atoms with Crippen LogP contribution in [0.25, 0.3) is 0 Å². The van der Waals surface area contributed by atoms with Crippen molar-refractivity contribution in [2.24, 2.45) is 5.92 Å². The van der Waals surface area contributed by atoms with E-state index in [-0.39, 0.29) is 18.6 Å². The van der Waals surface area contributed by atoms with Crippen molar-refractivity contribution >= 4 is 5.91 Å². The standard InChI is InChI=1S/C15H23NO4/c1-10(2)11(3)16-15(17)9-20-14-7-12(18-4)6-13(8-14)19-5/h6-8,10-11H,9H2,1-5H3,(H,16,17)/t11-/m1/s1. The van der Waals surface area contributed by atoms with Crippen LogP contribution in [0.3, 0.4) is 0 Å². The van der Waals surface area contributed by atoms with Gasteiger partial charge in [-0.3, -0.25) is 4.79 Å². The highest BCUT2D eigenvalue weighted by Gasteiger charge is 2.11. The molecule has 1 atom stereocenters. The average molecular weight is 281 g/mol. The predicted octanol–water partition coefficient (Wildman–Crippen LogP) is 2.24. The van der Waals surface area contributed by atoms with E-state index in [0.29, 0.717) is 23.2 Å². The van der Waals surface area contributed by atoms with Gasteiger partial charge in [-0.15, -0.1) is 0 Å². The number of benzene rings is 1. The van der Waals surface area contributed by atoms with Crippen LogP contribution in [0.15, 0.2) is 18.2 Å². The van der Waals surface area contributed by atoms with Crippen LogP contribution in [-0.4, -0.2) is 32.8 Å². The molecule has 0 aliphatic carbocycles. The molecule has 20 heavy (non-hydrogen) atoms. The van der Waals surface area contributed by atoms with E-state index in [2.05, 4.69) is 19.2 Å². The fraction of sp³-hybridized carbons (Fsp3) is 0.533. The van der Waals surface area contributed by atoms with E-state index >= 15 is 0 Å². The van der Waals surface area contributed by atoms with E-state index in [9.17, 15) is 4.79 Å². The zero-order chi connectivity index (χ0) is 15.1. The molecular weight excluding hydrogens is 258 g/mol. The highest BCUT2D eigenvalue weighted by Crippen LogP contribution is 2.27. The molecule has 0 saturated carbocycles. The van der Waals surface area contributed by atoms with Gasteiger partial charge in [0.05, 0.1) is 14.2 Å². The molecule has 0 fully saturated rings. The molecule has 0 unspecified atom stereocenters. The molecule has 0 radical (unpaired) electrons. The van der Waals surface area contributed by atoms with E-state index in [0.717, 1.165) is 0 Å². The minimum absolute atomic E-state index is 0.0343. The zero-order valence-electron chi connectivity index (χ0n) is 12.7. The Kier molecular flexibility index (Phi) is 6.15. The van der Waals surface area contributed by atoms with Crippen LogP contribution in [0.1, 0.15) is 20.8 Å². The smallest absolute Gasteiger partial charge is 0.258 e.